The van der Waals surface area contributed by atoms with Crippen LogP contribution in [0.15, 0.2) is 55.1 Å². The Labute approximate surface area is 175 Å². The summed E-state index contributed by atoms with van der Waals surface area (Å²) in [7, 11) is 0. The Morgan fingerprint density at radius 1 is 0.967 bits per heavy atom. The lowest BCUT2D eigenvalue weighted by Gasteiger charge is -2.31. The van der Waals surface area contributed by atoms with E-state index in [-0.39, 0.29) is 11.8 Å². The second-order valence-corrected chi connectivity index (χ2v) is 7.96. The molecule has 5 rings (SSSR count). The number of nitrogens with zero attached hydrogens (tertiary/aromatic N) is 5. The van der Waals surface area contributed by atoms with Gasteiger partial charge < -0.3 is 20.1 Å². The van der Waals surface area contributed by atoms with E-state index >= 15 is 0 Å². The van der Waals surface area contributed by atoms with E-state index in [0.29, 0.717) is 11.9 Å². The van der Waals surface area contributed by atoms with Crippen LogP contribution in [0.5, 0.6) is 0 Å². The summed E-state index contributed by atoms with van der Waals surface area (Å²) in [5, 5.41) is 15.1. The van der Waals surface area contributed by atoms with E-state index in [1.54, 1.807) is 12.5 Å². The molecule has 8 nitrogen and oxygen atoms in total. The zero-order valence-electron chi connectivity index (χ0n) is 16.7. The lowest BCUT2D eigenvalue weighted by atomic mass is 9.96. The van der Waals surface area contributed by atoms with Crippen molar-refractivity contribution in [1.82, 2.24) is 25.1 Å². The molecule has 2 N–H and O–H groups in total. The molecule has 1 amide bonds. The molecule has 2 aliphatic rings. The second kappa shape index (κ2) is 8.14. The highest BCUT2D eigenvalue weighted by Gasteiger charge is 2.30. The quantitative estimate of drug-likeness (QED) is 0.658. The van der Waals surface area contributed by atoms with Gasteiger partial charge in [0, 0.05) is 48.8 Å². The van der Waals surface area contributed by atoms with Crippen molar-refractivity contribution < 1.29 is 4.79 Å². The summed E-state index contributed by atoms with van der Waals surface area (Å²) in [6.07, 6.45) is 9.44. The van der Waals surface area contributed by atoms with Crippen molar-refractivity contribution in [3.05, 3.63) is 55.1 Å². The molecule has 8 heteroatoms. The van der Waals surface area contributed by atoms with Crippen molar-refractivity contribution >= 4 is 23.2 Å². The number of anilines is 3. The molecule has 0 bridgehead atoms. The van der Waals surface area contributed by atoms with Crippen LogP contribution in [0.2, 0.25) is 0 Å². The molecule has 3 heterocycles. The zero-order valence-corrected chi connectivity index (χ0v) is 16.7. The van der Waals surface area contributed by atoms with E-state index in [2.05, 4.69) is 30.7 Å². The van der Waals surface area contributed by atoms with Gasteiger partial charge >= 0.3 is 0 Å². The predicted molar refractivity (Wildman–Crippen MR) is 115 cm³/mol. The summed E-state index contributed by atoms with van der Waals surface area (Å²) in [4.78, 5) is 18.5. The maximum Gasteiger partial charge on any atom is 0.223 e. The van der Waals surface area contributed by atoms with E-state index < -0.39 is 0 Å². The molecule has 3 aromatic rings. The number of nitrogens with one attached hydrogen (secondary N) is 2. The van der Waals surface area contributed by atoms with Gasteiger partial charge in [0.15, 0.2) is 11.6 Å². The average molecular weight is 403 g/mol. The molecule has 0 atom stereocenters. The van der Waals surface area contributed by atoms with Gasteiger partial charge in [-0.25, -0.2) is 4.98 Å². The minimum absolute atomic E-state index is 0.126. The van der Waals surface area contributed by atoms with Crippen LogP contribution in [-0.2, 0) is 4.79 Å². The third-order valence-electron chi connectivity index (χ3n) is 5.71. The highest BCUT2D eigenvalue weighted by atomic mass is 16.2. The fourth-order valence-electron chi connectivity index (χ4n) is 3.75. The number of amides is 1. The summed E-state index contributed by atoms with van der Waals surface area (Å²) in [5.41, 5.74) is 2.00. The summed E-state index contributed by atoms with van der Waals surface area (Å²) in [6, 6.07) is 12.4. The number of carbonyl (C=O) groups excluding carboxylic acids is 1. The van der Waals surface area contributed by atoms with E-state index in [4.69, 9.17) is 0 Å². The number of hydrogen-bond donors (Lipinski definition) is 2. The van der Waals surface area contributed by atoms with E-state index in [0.717, 1.165) is 56.0 Å². The van der Waals surface area contributed by atoms with Crippen molar-refractivity contribution in [1.29, 1.82) is 0 Å². The highest BCUT2D eigenvalue weighted by molar-refractivity contribution is 5.79. The van der Waals surface area contributed by atoms with Crippen LogP contribution in [0, 0.1) is 5.92 Å². The maximum atomic E-state index is 12.2. The van der Waals surface area contributed by atoms with Gasteiger partial charge in [-0.1, -0.05) is 0 Å². The van der Waals surface area contributed by atoms with Crippen molar-refractivity contribution in [3.8, 4) is 5.69 Å². The van der Waals surface area contributed by atoms with E-state index in [9.17, 15) is 4.79 Å². The van der Waals surface area contributed by atoms with Gasteiger partial charge in [0.1, 0.15) is 0 Å². The highest BCUT2D eigenvalue weighted by Crippen LogP contribution is 2.25. The molecular weight excluding hydrogens is 378 g/mol. The van der Waals surface area contributed by atoms with Crippen molar-refractivity contribution in [2.45, 2.75) is 31.7 Å². The molecule has 1 aromatic carbocycles. The van der Waals surface area contributed by atoms with Crippen LogP contribution in [0.4, 0.5) is 17.3 Å². The number of rotatable bonds is 6. The van der Waals surface area contributed by atoms with Crippen molar-refractivity contribution in [2.24, 2.45) is 5.92 Å². The molecule has 30 heavy (non-hydrogen) atoms. The Morgan fingerprint density at radius 3 is 2.40 bits per heavy atom. The van der Waals surface area contributed by atoms with Crippen molar-refractivity contribution in [3.63, 3.8) is 0 Å². The molecule has 0 radical (unpaired) electrons. The topological polar surface area (TPSA) is 88.0 Å². The van der Waals surface area contributed by atoms with Crippen LogP contribution in [0.25, 0.3) is 5.69 Å². The number of carbonyl (C=O) groups is 1. The number of benzene rings is 1. The van der Waals surface area contributed by atoms with Gasteiger partial charge in [-0.3, -0.25) is 4.79 Å². The van der Waals surface area contributed by atoms with Gasteiger partial charge in [0.25, 0.3) is 0 Å². The smallest absolute Gasteiger partial charge is 0.223 e. The first-order valence-corrected chi connectivity index (χ1v) is 10.5. The van der Waals surface area contributed by atoms with E-state index in [1.807, 2.05) is 47.2 Å². The Morgan fingerprint density at radius 2 is 1.77 bits per heavy atom. The SMILES string of the molecule is O=C(NC1CC1)C1CCN(c2ccc(Nc3ccc(-n4ccnc4)cc3)nn2)CC1. The zero-order chi connectivity index (χ0) is 20.3. The standard InChI is InChI=1S/C22H25N7O/c30-22(25-18-1-2-18)16-9-12-28(13-10-16)21-8-7-20(26-27-21)24-17-3-5-19(6-4-17)29-14-11-23-15-29/h3-8,11,14-16,18H,1-2,9-10,12-13H2,(H,24,26)(H,25,30). The largest absolute Gasteiger partial charge is 0.355 e. The minimum atomic E-state index is 0.126. The number of hydrogen-bond acceptors (Lipinski definition) is 6. The van der Waals surface area contributed by atoms with E-state index in [1.165, 1.54) is 0 Å². The molecule has 154 valence electrons. The van der Waals surface area contributed by atoms with Gasteiger partial charge in [0.05, 0.1) is 6.33 Å². The summed E-state index contributed by atoms with van der Waals surface area (Å²) < 4.78 is 1.96. The Bertz CT molecular complexity index is 973. The second-order valence-electron chi connectivity index (χ2n) is 7.96. The van der Waals surface area contributed by atoms with Crippen LogP contribution >= 0.6 is 0 Å². The van der Waals surface area contributed by atoms with Crippen LogP contribution in [0.1, 0.15) is 25.7 Å². The molecule has 1 aliphatic carbocycles. The molecular formula is C22H25N7O. The molecule has 0 unspecified atom stereocenters. The summed E-state index contributed by atoms with van der Waals surface area (Å²) >= 11 is 0. The third kappa shape index (κ3) is 4.27. The maximum absolute atomic E-state index is 12.2. The lowest BCUT2D eigenvalue weighted by Crippen LogP contribution is -2.41. The van der Waals surface area contributed by atoms with Crippen LogP contribution in [0.3, 0.4) is 0 Å². The molecule has 2 aromatic heterocycles. The van der Waals surface area contributed by atoms with Crippen LogP contribution < -0.4 is 15.5 Å². The monoisotopic (exact) mass is 403 g/mol. The first-order chi connectivity index (χ1) is 14.7. The van der Waals surface area contributed by atoms with Gasteiger partial charge in [-0.15, -0.1) is 10.2 Å². The Kier molecular flexibility index (Phi) is 5.04. The number of piperidine rings is 1. The number of aromatic nitrogens is 4. The summed E-state index contributed by atoms with van der Waals surface area (Å²) in [5.74, 6) is 1.91. The predicted octanol–water partition coefficient (Wildman–Crippen LogP) is 2.90. The fraction of sp³-hybridized carbons (Fsp3) is 0.364. The average Bonchev–Trinajstić information content (AvgIpc) is 3.43. The first kappa shape index (κ1) is 18.6. The minimum Gasteiger partial charge on any atom is -0.355 e. The molecule has 2 fully saturated rings. The third-order valence-corrected chi connectivity index (χ3v) is 5.71. The Hall–Kier alpha value is -3.42. The van der Waals surface area contributed by atoms with Gasteiger partial charge in [-0.05, 0) is 62.1 Å². The molecule has 1 saturated heterocycles. The van der Waals surface area contributed by atoms with Gasteiger partial charge in [-0.2, -0.15) is 0 Å². The van der Waals surface area contributed by atoms with Gasteiger partial charge in [0.2, 0.25) is 5.91 Å². The normalized spacial score (nSPS) is 17.0. The van der Waals surface area contributed by atoms with Crippen molar-refractivity contribution in [2.75, 3.05) is 23.3 Å². The molecule has 1 saturated carbocycles. The van der Waals surface area contributed by atoms with Crippen LogP contribution in [-0.4, -0.2) is 44.8 Å². The molecule has 1 aliphatic heterocycles. The lowest BCUT2D eigenvalue weighted by molar-refractivity contribution is -0.125. The fourth-order valence-corrected chi connectivity index (χ4v) is 3.75. The summed E-state index contributed by atoms with van der Waals surface area (Å²) in [6.45, 7) is 1.67. The Balaban J connectivity index is 1.15. The molecule has 0 spiro atoms. The first-order valence-electron chi connectivity index (χ1n) is 10.5. The number of imidazole rings is 1.